The first-order valence-electron chi connectivity index (χ1n) is 5.99. The summed E-state index contributed by atoms with van der Waals surface area (Å²) in [6.45, 7) is 5.29. The molecule has 20 heavy (non-hydrogen) atoms. The standard InChI is InChI=1S/C12H17N3O3S2/c1-8-10(6-9(7-13)18-8)20(16,17)15-12(2,3)11-14-4-5-19-11/h4-6,15H,7,13H2,1-3H3. The van der Waals surface area contributed by atoms with Crippen molar-refractivity contribution in [1.82, 2.24) is 9.71 Å². The number of sulfonamides is 1. The highest BCUT2D eigenvalue weighted by Gasteiger charge is 2.32. The molecule has 0 saturated carbocycles. The van der Waals surface area contributed by atoms with Crippen LogP contribution in [0.1, 0.15) is 30.4 Å². The molecule has 0 aliphatic carbocycles. The van der Waals surface area contributed by atoms with Crippen LogP contribution in [0.25, 0.3) is 0 Å². The molecule has 6 nitrogen and oxygen atoms in total. The van der Waals surface area contributed by atoms with Crippen LogP contribution in [-0.2, 0) is 22.1 Å². The number of nitrogens with two attached hydrogens (primary N) is 1. The third kappa shape index (κ3) is 2.93. The molecule has 0 saturated heterocycles. The van der Waals surface area contributed by atoms with Crippen LogP contribution < -0.4 is 10.5 Å². The highest BCUT2D eigenvalue weighted by Crippen LogP contribution is 2.27. The maximum absolute atomic E-state index is 12.5. The van der Waals surface area contributed by atoms with Gasteiger partial charge in [0.1, 0.15) is 21.4 Å². The van der Waals surface area contributed by atoms with Gasteiger partial charge >= 0.3 is 0 Å². The number of hydrogen-bond donors (Lipinski definition) is 2. The van der Waals surface area contributed by atoms with Gasteiger partial charge in [0.25, 0.3) is 0 Å². The summed E-state index contributed by atoms with van der Waals surface area (Å²) in [5.41, 5.74) is 4.67. The number of nitrogens with zero attached hydrogens (tertiary/aromatic N) is 1. The third-order valence-electron chi connectivity index (χ3n) is 2.77. The second kappa shape index (κ2) is 5.28. The SMILES string of the molecule is Cc1oc(CN)cc1S(=O)(=O)NC(C)(C)c1nccs1. The van der Waals surface area contributed by atoms with E-state index in [1.54, 1.807) is 32.3 Å². The number of furan rings is 1. The van der Waals surface area contributed by atoms with E-state index in [2.05, 4.69) is 9.71 Å². The number of nitrogens with one attached hydrogen (secondary N) is 1. The molecule has 2 aromatic heterocycles. The Labute approximate surface area is 122 Å². The van der Waals surface area contributed by atoms with E-state index in [1.807, 2.05) is 0 Å². The Morgan fingerprint density at radius 1 is 1.50 bits per heavy atom. The molecular weight excluding hydrogens is 298 g/mol. The van der Waals surface area contributed by atoms with E-state index in [4.69, 9.17) is 10.2 Å². The topological polar surface area (TPSA) is 98.2 Å². The summed E-state index contributed by atoms with van der Waals surface area (Å²) in [4.78, 5) is 4.27. The molecule has 0 aromatic carbocycles. The van der Waals surface area contributed by atoms with E-state index >= 15 is 0 Å². The van der Waals surface area contributed by atoms with Gasteiger partial charge in [-0.2, -0.15) is 4.72 Å². The Kier molecular flexibility index (Phi) is 4.01. The van der Waals surface area contributed by atoms with E-state index in [1.165, 1.54) is 17.4 Å². The minimum absolute atomic E-state index is 0.114. The van der Waals surface area contributed by atoms with E-state index in [-0.39, 0.29) is 11.4 Å². The molecule has 0 aliphatic rings. The maximum Gasteiger partial charge on any atom is 0.244 e. The predicted octanol–water partition coefficient (Wildman–Crippen LogP) is 1.72. The summed E-state index contributed by atoms with van der Waals surface area (Å²) in [6.07, 6.45) is 1.64. The molecule has 0 bridgehead atoms. The average Bonchev–Trinajstić information content (AvgIpc) is 2.95. The Morgan fingerprint density at radius 2 is 2.20 bits per heavy atom. The van der Waals surface area contributed by atoms with Gasteiger partial charge in [-0.15, -0.1) is 11.3 Å². The number of aromatic nitrogens is 1. The van der Waals surface area contributed by atoms with Gasteiger partial charge in [0.15, 0.2) is 0 Å². The fourth-order valence-electron chi connectivity index (χ4n) is 1.86. The van der Waals surface area contributed by atoms with Crippen molar-refractivity contribution in [3.05, 3.63) is 34.2 Å². The number of rotatable bonds is 5. The first-order chi connectivity index (χ1) is 9.26. The van der Waals surface area contributed by atoms with Crippen LogP contribution >= 0.6 is 11.3 Å². The van der Waals surface area contributed by atoms with Gasteiger partial charge in [0.05, 0.1) is 12.1 Å². The van der Waals surface area contributed by atoms with Crippen LogP contribution in [0.15, 0.2) is 27.0 Å². The third-order valence-corrected chi connectivity index (χ3v) is 5.63. The van der Waals surface area contributed by atoms with Crippen LogP contribution in [0.2, 0.25) is 0 Å². The van der Waals surface area contributed by atoms with E-state index in [0.29, 0.717) is 16.5 Å². The fourth-order valence-corrected chi connectivity index (χ4v) is 4.23. The number of aryl methyl sites for hydroxylation is 1. The van der Waals surface area contributed by atoms with Crippen LogP contribution in [0.5, 0.6) is 0 Å². The van der Waals surface area contributed by atoms with Crippen molar-refractivity contribution >= 4 is 21.4 Å². The Balaban J connectivity index is 2.34. The van der Waals surface area contributed by atoms with Gasteiger partial charge < -0.3 is 10.2 Å². The van der Waals surface area contributed by atoms with Gasteiger partial charge in [-0.1, -0.05) is 0 Å². The molecule has 2 aromatic rings. The van der Waals surface area contributed by atoms with Gasteiger partial charge in [-0.25, -0.2) is 13.4 Å². The zero-order valence-corrected chi connectivity index (χ0v) is 13.1. The second-order valence-electron chi connectivity index (χ2n) is 4.91. The lowest BCUT2D eigenvalue weighted by Gasteiger charge is -2.23. The van der Waals surface area contributed by atoms with Crippen LogP contribution in [0.4, 0.5) is 0 Å². The van der Waals surface area contributed by atoms with Gasteiger partial charge in [-0.05, 0) is 20.8 Å². The smallest absolute Gasteiger partial charge is 0.244 e. The maximum atomic E-state index is 12.5. The van der Waals surface area contributed by atoms with Crippen molar-refractivity contribution in [3.63, 3.8) is 0 Å². The molecule has 110 valence electrons. The van der Waals surface area contributed by atoms with Crippen molar-refractivity contribution in [3.8, 4) is 0 Å². The van der Waals surface area contributed by atoms with E-state index < -0.39 is 15.6 Å². The zero-order chi connectivity index (χ0) is 15.0. The largest absolute Gasteiger partial charge is 0.464 e. The first kappa shape index (κ1) is 15.2. The van der Waals surface area contributed by atoms with Gasteiger partial charge in [0.2, 0.25) is 10.0 Å². The van der Waals surface area contributed by atoms with Crippen molar-refractivity contribution in [2.24, 2.45) is 5.73 Å². The van der Waals surface area contributed by atoms with Crippen molar-refractivity contribution < 1.29 is 12.8 Å². The van der Waals surface area contributed by atoms with Crippen molar-refractivity contribution in [2.45, 2.75) is 37.8 Å². The molecule has 0 unspecified atom stereocenters. The molecule has 0 aliphatic heterocycles. The molecule has 0 spiro atoms. The molecule has 0 fully saturated rings. The Morgan fingerprint density at radius 3 is 2.70 bits per heavy atom. The summed E-state index contributed by atoms with van der Waals surface area (Å²) in [5, 5.41) is 2.50. The Hall–Kier alpha value is -1.22. The summed E-state index contributed by atoms with van der Waals surface area (Å²) in [5.74, 6) is 0.766. The fraction of sp³-hybridized carbons (Fsp3) is 0.417. The first-order valence-corrected chi connectivity index (χ1v) is 8.36. The lowest BCUT2D eigenvalue weighted by atomic mass is 10.1. The minimum Gasteiger partial charge on any atom is -0.464 e. The summed E-state index contributed by atoms with van der Waals surface area (Å²) in [7, 11) is -3.70. The van der Waals surface area contributed by atoms with Crippen LogP contribution in [0, 0.1) is 6.92 Å². The molecule has 0 atom stereocenters. The highest BCUT2D eigenvalue weighted by molar-refractivity contribution is 7.89. The lowest BCUT2D eigenvalue weighted by molar-refractivity contribution is 0.462. The van der Waals surface area contributed by atoms with Gasteiger partial charge in [0, 0.05) is 17.6 Å². The minimum atomic E-state index is -3.70. The second-order valence-corrected chi connectivity index (χ2v) is 7.45. The van der Waals surface area contributed by atoms with Gasteiger partial charge in [-0.3, -0.25) is 0 Å². The predicted molar refractivity (Wildman–Crippen MR) is 76.8 cm³/mol. The molecular formula is C12H17N3O3S2. The van der Waals surface area contributed by atoms with E-state index in [9.17, 15) is 8.42 Å². The molecule has 2 heterocycles. The average molecular weight is 315 g/mol. The summed E-state index contributed by atoms with van der Waals surface area (Å²) in [6, 6.07) is 1.45. The molecule has 3 N–H and O–H groups in total. The zero-order valence-electron chi connectivity index (χ0n) is 11.5. The molecule has 8 heteroatoms. The van der Waals surface area contributed by atoms with Crippen LogP contribution in [-0.4, -0.2) is 13.4 Å². The lowest BCUT2D eigenvalue weighted by Crippen LogP contribution is -2.40. The molecule has 0 amide bonds. The van der Waals surface area contributed by atoms with Crippen LogP contribution in [0.3, 0.4) is 0 Å². The molecule has 0 radical (unpaired) electrons. The Bertz CT molecular complexity index is 688. The van der Waals surface area contributed by atoms with E-state index in [0.717, 1.165) is 0 Å². The number of hydrogen-bond acceptors (Lipinski definition) is 6. The van der Waals surface area contributed by atoms with Crippen molar-refractivity contribution in [2.75, 3.05) is 0 Å². The monoisotopic (exact) mass is 315 g/mol. The highest BCUT2D eigenvalue weighted by atomic mass is 32.2. The number of thiazole rings is 1. The molecule has 2 rings (SSSR count). The summed E-state index contributed by atoms with van der Waals surface area (Å²) < 4.78 is 32.9. The quantitative estimate of drug-likeness (QED) is 0.875. The van der Waals surface area contributed by atoms with Crippen molar-refractivity contribution in [1.29, 1.82) is 0 Å². The normalized spacial score (nSPS) is 12.8. The summed E-state index contributed by atoms with van der Waals surface area (Å²) >= 11 is 1.40.